The number of anilines is 1. The van der Waals surface area contributed by atoms with Crippen LogP contribution in [0.15, 0.2) is 76.7 Å². The van der Waals surface area contributed by atoms with Crippen molar-refractivity contribution in [3.63, 3.8) is 0 Å². The number of sulfonamides is 1. The third kappa shape index (κ3) is 5.99. The maximum Gasteiger partial charge on any atom is 0.264 e. The first-order chi connectivity index (χ1) is 16.3. The van der Waals surface area contributed by atoms with Crippen LogP contribution in [0.3, 0.4) is 0 Å². The second kappa shape index (κ2) is 11.2. The van der Waals surface area contributed by atoms with Gasteiger partial charge in [0.15, 0.2) is 0 Å². The average molecular weight is 522 g/mol. The fourth-order valence-electron chi connectivity index (χ4n) is 2.95. The van der Waals surface area contributed by atoms with Gasteiger partial charge in [0, 0.05) is 6.07 Å². The molecule has 11 heteroatoms. The van der Waals surface area contributed by atoms with Gasteiger partial charge in [0.1, 0.15) is 18.0 Å². The van der Waals surface area contributed by atoms with E-state index in [0.29, 0.717) is 21.4 Å². The predicted octanol–water partition coefficient (Wildman–Crippen LogP) is 4.36. The molecule has 3 aromatic carbocycles. The van der Waals surface area contributed by atoms with Crippen LogP contribution in [0.2, 0.25) is 10.0 Å². The summed E-state index contributed by atoms with van der Waals surface area (Å²) in [6.07, 6.45) is 1.37. The highest BCUT2D eigenvalue weighted by atomic mass is 35.5. The van der Waals surface area contributed by atoms with Crippen molar-refractivity contribution >= 4 is 51.0 Å². The van der Waals surface area contributed by atoms with Gasteiger partial charge in [-0.1, -0.05) is 47.5 Å². The maximum atomic E-state index is 13.4. The van der Waals surface area contributed by atoms with Crippen molar-refractivity contribution in [2.24, 2.45) is 5.10 Å². The molecule has 3 rings (SSSR count). The summed E-state index contributed by atoms with van der Waals surface area (Å²) in [6, 6.07) is 17.2. The molecule has 0 unspecified atom stereocenters. The monoisotopic (exact) mass is 521 g/mol. The molecule has 34 heavy (non-hydrogen) atoms. The molecule has 0 radical (unpaired) electrons. The number of rotatable bonds is 9. The molecule has 0 aliphatic carbocycles. The van der Waals surface area contributed by atoms with Gasteiger partial charge in [-0.15, -0.1) is 0 Å². The number of carbonyl (C=O) groups is 1. The fourth-order valence-corrected chi connectivity index (χ4v) is 4.71. The van der Waals surface area contributed by atoms with Crippen LogP contribution in [0.1, 0.15) is 5.56 Å². The Balaban J connectivity index is 1.90. The number of methoxy groups -OCH3 is 2. The minimum Gasteiger partial charge on any atom is -0.497 e. The van der Waals surface area contributed by atoms with Gasteiger partial charge in [0.2, 0.25) is 0 Å². The largest absolute Gasteiger partial charge is 0.497 e. The van der Waals surface area contributed by atoms with Crippen molar-refractivity contribution in [1.82, 2.24) is 5.43 Å². The Morgan fingerprint density at radius 2 is 1.74 bits per heavy atom. The zero-order valence-electron chi connectivity index (χ0n) is 18.2. The maximum absolute atomic E-state index is 13.4. The van der Waals surface area contributed by atoms with E-state index in [1.165, 1.54) is 44.7 Å². The molecule has 0 spiro atoms. The first-order valence-corrected chi connectivity index (χ1v) is 12.0. The molecule has 0 bridgehead atoms. The Bertz CT molecular complexity index is 1300. The molecular formula is C23H21Cl2N3O5S. The van der Waals surface area contributed by atoms with Crippen molar-refractivity contribution in [2.75, 3.05) is 25.1 Å². The number of benzene rings is 3. The lowest BCUT2D eigenvalue weighted by atomic mass is 10.2. The number of nitrogens with one attached hydrogen (secondary N) is 1. The number of halogens is 2. The summed E-state index contributed by atoms with van der Waals surface area (Å²) >= 11 is 11.9. The van der Waals surface area contributed by atoms with Gasteiger partial charge < -0.3 is 9.47 Å². The molecular weight excluding hydrogens is 501 g/mol. The third-order valence-corrected chi connectivity index (χ3v) is 7.13. The highest BCUT2D eigenvalue weighted by molar-refractivity contribution is 7.92. The van der Waals surface area contributed by atoms with Crippen LogP contribution in [0.4, 0.5) is 5.69 Å². The topological polar surface area (TPSA) is 97.3 Å². The Morgan fingerprint density at radius 3 is 2.38 bits per heavy atom. The summed E-state index contributed by atoms with van der Waals surface area (Å²) in [6.45, 7) is -0.557. The van der Waals surface area contributed by atoms with Crippen molar-refractivity contribution in [3.05, 3.63) is 82.3 Å². The highest BCUT2D eigenvalue weighted by Gasteiger charge is 2.29. The number of ether oxygens (including phenoxy) is 2. The number of hydrogen-bond donors (Lipinski definition) is 1. The SMILES string of the molecule is COc1ccc(N(CC(=O)N/N=C/c2ccc(Cl)c(Cl)c2)S(=O)(=O)c2ccccc2)c(OC)c1. The first-order valence-electron chi connectivity index (χ1n) is 9.83. The van der Waals surface area contributed by atoms with Gasteiger partial charge in [-0.2, -0.15) is 5.10 Å². The highest BCUT2D eigenvalue weighted by Crippen LogP contribution is 2.35. The second-order valence-electron chi connectivity index (χ2n) is 6.83. The van der Waals surface area contributed by atoms with Crippen LogP contribution in [-0.4, -0.2) is 41.3 Å². The Kier molecular flexibility index (Phi) is 8.38. The van der Waals surface area contributed by atoms with Crippen molar-refractivity contribution in [2.45, 2.75) is 4.90 Å². The average Bonchev–Trinajstić information content (AvgIpc) is 2.84. The van der Waals surface area contributed by atoms with Gasteiger partial charge in [0.05, 0.1) is 41.1 Å². The molecule has 0 fully saturated rings. The molecule has 3 aromatic rings. The van der Waals surface area contributed by atoms with E-state index in [9.17, 15) is 13.2 Å². The Labute approximate surface area is 207 Å². The number of amides is 1. The molecule has 0 atom stereocenters. The molecule has 0 heterocycles. The van der Waals surface area contributed by atoms with Crippen LogP contribution in [0.25, 0.3) is 0 Å². The molecule has 0 aliphatic heterocycles. The molecule has 0 aromatic heterocycles. The number of hydrogen-bond acceptors (Lipinski definition) is 6. The minimum atomic E-state index is -4.12. The molecule has 1 N–H and O–H groups in total. The van der Waals surface area contributed by atoms with E-state index in [4.69, 9.17) is 32.7 Å². The van der Waals surface area contributed by atoms with Crippen molar-refractivity contribution in [3.8, 4) is 11.5 Å². The summed E-state index contributed by atoms with van der Waals surface area (Å²) in [4.78, 5) is 12.7. The molecule has 178 valence electrons. The van der Waals surface area contributed by atoms with Crippen LogP contribution in [0.5, 0.6) is 11.5 Å². The summed E-state index contributed by atoms with van der Waals surface area (Å²) in [5.41, 5.74) is 3.09. The summed E-state index contributed by atoms with van der Waals surface area (Å²) in [7, 11) is -1.25. The van der Waals surface area contributed by atoms with Gasteiger partial charge in [-0.05, 0) is 42.0 Å². The first kappa shape index (κ1) is 25.4. The zero-order valence-corrected chi connectivity index (χ0v) is 20.6. The lowest BCUT2D eigenvalue weighted by molar-refractivity contribution is -0.119. The van der Waals surface area contributed by atoms with Gasteiger partial charge in [0.25, 0.3) is 15.9 Å². The summed E-state index contributed by atoms with van der Waals surface area (Å²) in [5.74, 6) is 0.00740. The molecule has 0 aliphatic rings. The van der Waals surface area contributed by atoms with Crippen LogP contribution in [-0.2, 0) is 14.8 Å². The van der Waals surface area contributed by atoms with E-state index in [1.54, 1.807) is 42.5 Å². The lowest BCUT2D eigenvalue weighted by Crippen LogP contribution is -2.39. The van der Waals surface area contributed by atoms with Gasteiger partial charge >= 0.3 is 0 Å². The zero-order chi connectivity index (χ0) is 24.7. The quantitative estimate of drug-likeness (QED) is 0.333. The lowest BCUT2D eigenvalue weighted by Gasteiger charge is -2.25. The summed E-state index contributed by atoms with van der Waals surface area (Å²) in [5, 5.41) is 4.61. The summed E-state index contributed by atoms with van der Waals surface area (Å²) < 4.78 is 38.4. The molecule has 8 nitrogen and oxygen atoms in total. The van der Waals surface area contributed by atoms with Crippen molar-refractivity contribution in [1.29, 1.82) is 0 Å². The Hall–Kier alpha value is -3.27. The second-order valence-corrected chi connectivity index (χ2v) is 9.51. The van der Waals surface area contributed by atoms with Crippen LogP contribution in [0, 0.1) is 0 Å². The van der Waals surface area contributed by atoms with E-state index < -0.39 is 22.5 Å². The van der Waals surface area contributed by atoms with Crippen LogP contribution < -0.4 is 19.2 Å². The normalized spacial score (nSPS) is 11.3. The fraction of sp³-hybridized carbons (Fsp3) is 0.130. The smallest absolute Gasteiger partial charge is 0.264 e. The van der Waals surface area contributed by atoms with E-state index in [1.807, 2.05) is 0 Å². The predicted molar refractivity (Wildman–Crippen MR) is 133 cm³/mol. The van der Waals surface area contributed by atoms with E-state index in [0.717, 1.165) is 4.31 Å². The van der Waals surface area contributed by atoms with Gasteiger partial charge in [-0.3, -0.25) is 9.10 Å². The van der Waals surface area contributed by atoms with Crippen molar-refractivity contribution < 1.29 is 22.7 Å². The number of carbonyl (C=O) groups excluding carboxylic acids is 1. The number of nitrogens with zero attached hydrogens (tertiary/aromatic N) is 2. The Morgan fingerprint density at radius 1 is 1.00 bits per heavy atom. The van der Waals surface area contributed by atoms with Gasteiger partial charge in [-0.25, -0.2) is 13.8 Å². The molecule has 1 amide bonds. The van der Waals surface area contributed by atoms with E-state index in [-0.39, 0.29) is 16.3 Å². The van der Waals surface area contributed by atoms with E-state index >= 15 is 0 Å². The number of hydrazone groups is 1. The standard InChI is InChI=1S/C23H21Cl2N3O5S/c1-32-17-9-11-21(22(13-17)33-2)28(34(30,31)18-6-4-3-5-7-18)15-23(29)27-26-14-16-8-10-19(24)20(25)12-16/h3-14H,15H2,1-2H3,(H,27,29)/b26-14+. The minimum absolute atomic E-state index is 0.0139. The molecule has 0 saturated carbocycles. The van der Waals surface area contributed by atoms with E-state index in [2.05, 4.69) is 10.5 Å². The van der Waals surface area contributed by atoms with Crippen LogP contribution >= 0.6 is 23.2 Å². The molecule has 0 saturated heterocycles. The third-order valence-electron chi connectivity index (χ3n) is 4.62.